The average Bonchev–Trinajstić information content (AvgIpc) is 3.41. The lowest BCUT2D eigenvalue weighted by atomic mass is 9.99. The number of urea groups is 1. The molecular weight excluding hydrogens is 638 g/mol. The third kappa shape index (κ3) is 6.06. The van der Waals surface area contributed by atoms with Crippen molar-refractivity contribution >= 4 is 11.7 Å². The van der Waals surface area contributed by atoms with E-state index in [1.54, 1.807) is 18.2 Å². The Labute approximate surface area is 262 Å². The van der Waals surface area contributed by atoms with E-state index in [1.807, 2.05) is 0 Å². The second kappa shape index (κ2) is 11.9. The molecule has 4 aromatic rings. The Balaban J connectivity index is 1.63. The molecule has 1 aliphatic heterocycles. The van der Waals surface area contributed by atoms with Crippen LogP contribution in [0.15, 0.2) is 80.8 Å². The molecule has 1 saturated heterocycles. The second-order valence-corrected chi connectivity index (χ2v) is 11.2. The quantitative estimate of drug-likeness (QED) is 0.211. The molecular formula is C31H28F6N4O6. The van der Waals surface area contributed by atoms with Gasteiger partial charge in [0.25, 0.3) is 0 Å². The molecule has 0 radical (unpaired) electrons. The molecule has 1 unspecified atom stereocenters. The predicted molar refractivity (Wildman–Crippen MR) is 156 cm³/mol. The van der Waals surface area contributed by atoms with Crippen molar-refractivity contribution in [3.8, 4) is 17.2 Å². The number of hydrogen-bond acceptors (Lipinski definition) is 6. The van der Waals surface area contributed by atoms with Gasteiger partial charge in [0, 0.05) is 12.2 Å². The molecule has 1 atom stereocenters. The summed E-state index contributed by atoms with van der Waals surface area (Å²) in [7, 11) is 2.91. The van der Waals surface area contributed by atoms with E-state index in [2.05, 4.69) is 0 Å². The highest BCUT2D eigenvalue weighted by Crippen LogP contribution is 2.44. The lowest BCUT2D eigenvalue weighted by Crippen LogP contribution is -2.47. The minimum absolute atomic E-state index is 0.0133. The van der Waals surface area contributed by atoms with Gasteiger partial charge in [-0.1, -0.05) is 18.2 Å². The normalized spacial score (nSPS) is 16.6. The number of aromatic nitrogens is 2. The van der Waals surface area contributed by atoms with Gasteiger partial charge in [-0.05, 0) is 74.4 Å². The monoisotopic (exact) mass is 666 g/mol. The number of alkyl halides is 6. The SMILES string of the molecule is COc1ccc(CCN2C(=O)N(c3cccc(C(F)(F)F)c3)C(n3oc(=O)n(-c4cccc(C(F)(F)F)c4)c3=O)C2(C)C)cc1OC. The molecule has 0 spiro atoms. The van der Waals surface area contributed by atoms with Crippen molar-refractivity contribution in [2.24, 2.45) is 0 Å². The number of benzene rings is 3. The largest absolute Gasteiger partial charge is 0.493 e. The van der Waals surface area contributed by atoms with Gasteiger partial charge in [-0.25, -0.2) is 14.4 Å². The van der Waals surface area contributed by atoms with E-state index in [0.29, 0.717) is 38.5 Å². The lowest BCUT2D eigenvalue weighted by Gasteiger charge is -2.34. The summed E-state index contributed by atoms with van der Waals surface area (Å²) in [6.07, 6.45) is -10.9. The van der Waals surface area contributed by atoms with Crippen molar-refractivity contribution in [3.05, 3.63) is 104 Å². The van der Waals surface area contributed by atoms with Gasteiger partial charge in [-0.2, -0.15) is 30.9 Å². The smallest absolute Gasteiger partial charge is 0.447 e. The molecule has 1 fully saturated rings. The lowest BCUT2D eigenvalue weighted by molar-refractivity contribution is -0.138. The van der Waals surface area contributed by atoms with E-state index < -0.39 is 58.3 Å². The standard InChI is InChI=1S/C31H28F6N4O6/c1-29(2)25(41-27(43)40(28(44)47-41)22-10-6-8-20(17-22)31(35,36)37)39(21-9-5-7-19(16-21)30(32,33)34)26(42)38(29)14-13-18-11-12-23(45-3)24(15-18)46-4/h5-12,15-17,25H,13-14H2,1-4H3. The Kier molecular flexibility index (Phi) is 8.41. The van der Waals surface area contributed by atoms with Gasteiger partial charge in [0.2, 0.25) is 0 Å². The number of rotatable bonds is 8. The molecule has 0 saturated carbocycles. The van der Waals surface area contributed by atoms with Crippen molar-refractivity contribution in [1.82, 2.24) is 14.2 Å². The van der Waals surface area contributed by atoms with E-state index in [-0.39, 0.29) is 18.7 Å². The van der Waals surface area contributed by atoms with Crippen LogP contribution in [0.4, 0.5) is 36.8 Å². The first-order valence-electron chi connectivity index (χ1n) is 14.0. The van der Waals surface area contributed by atoms with Gasteiger partial charge in [0.15, 0.2) is 17.7 Å². The highest BCUT2D eigenvalue weighted by Gasteiger charge is 2.55. The van der Waals surface area contributed by atoms with Gasteiger partial charge >= 0.3 is 29.8 Å². The number of anilines is 1. The fraction of sp³-hybridized carbons (Fsp3) is 0.323. The molecule has 47 heavy (non-hydrogen) atoms. The van der Waals surface area contributed by atoms with Crippen LogP contribution in [0, 0.1) is 0 Å². The van der Waals surface area contributed by atoms with Crippen molar-refractivity contribution in [3.63, 3.8) is 0 Å². The zero-order chi connectivity index (χ0) is 34.5. The Morgan fingerprint density at radius 2 is 1.36 bits per heavy atom. The van der Waals surface area contributed by atoms with Crippen LogP contribution in [0.25, 0.3) is 5.69 Å². The average molecular weight is 667 g/mol. The molecule has 250 valence electrons. The zero-order valence-electron chi connectivity index (χ0n) is 25.3. The fourth-order valence-corrected chi connectivity index (χ4v) is 5.61. The number of halogens is 6. The molecule has 0 bridgehead atoms. The van der Waals surface area contributed by atoms with E-state index in [1.165, 1.54) is 39.0 Å². The fourth-order valence-electron chi connectivity index (χ4n) is 5.61. The van der Waals surface area contributed by atoms with Crippen molar-refractivity contribution in [2.45, 2.75) is 44.3 Å². The van der Waals surface area contributed by atoms with Crippen LogP contribution in [0.1, 0.15) is 36.7 Å². The van der Waals surface area contributed by atoms with Gasteiger partial charge in [0.1, 0.15) is 0 Å². The number of carbonyl (C=O) groups excluding carboxylic acids is 1. The van der Waals surface area contributed by atoms with Gasteiger partial charge < -0.3 is 18.9 Å². The third-order valence-electron chi connectivity index (χ3n) is 7.93. The Morgan fingerprint density at radius 1 is 0.787 bits per heavy atom. The third-order valence-corrected chi connectivity index (χ3v) is 7.93. The highest BCUT2D eigenvalue weighted by molar-refractivity contribution is 5.95. The number of methoxy groups -OCH3 is 2. The first-order chi connectivity index (χ1) is 22.0. The molecule has 1 aliphatic rings. The first kappa shape index (κ1) is 33.2. The highest BCUT2D eigenvalue weighted by atomic mass is 19.4. The Bertz CT molecular complexity index is 1930. The predicted octanol–water partition coefficient (Wildman–Crippen LogP) is 6.11. The molecule has 1 aromatic heterocycles. The van der Waals surface area contributed by atoms with Crippen LogP contribution >= 0.6 is 0 Å². The summed E-state index contributed by atoms with van der Waals surface area (Å²) in [5.41, 5.74) is -4.94. The molecule has 3 aromatic carbocycles. The Morgan fingerprint density at radius 3 is 1.94 bits per heavy atom. The zero-order valence-corrected chi connectivity index (χ0v) is 25.3. The van der Waals surface area contributed by atoms with Gasteiger partial charge in [0.05, 0.1) is 36.6 Å². The summed E-state index contributed by atoms with van der Waals surface area (Å²) in [5, 5.41) is 0. The molecule has 0 N–H and O–H groups in total. The summed E-state index contributed by atoms with van der Waals surface area (Å²) in [4.78, 5) is 43.1. The summed E-state index contributed by atoms with van der Waals surface area (Å²) < 4.78 is 98.1. The van der Waals surface area contributed by atoms with E-state index in [9.17, 15) is 40.7 Å². The van der Waals surface area contributed by atoms with Crippen LogP contribution in [-0.2, 0) is 18.8 Å². The maximum Gasteiger partial charge on any atom is 0.447 e. The number of hydrogen-bond donors (Lipinski definition) is 0. The van der Waals surface area contributed by atoms with Crippen molar-refractivity contribution in [2.75, 3.05) is 25.7 Å². The minimum Gasteiger partial charge on any atom is -0.493 e. The molecule has 0 aliphatic carbocycles. The summed E-state index contributed by atoms with van der Waals surface area (Å²) in [6, 6.07) is 11.5. The van der Waals surface area contributed by atoms with Gasteiger partial charge in [-0.15, -0.1) is 4.74 Å². The first-order valence-corrected chi connectivity index (χ1v) is 14.0. The van der Waals surface area contributed by atoms with Crippen LogP contribution in [0.3, 0.4) is 0 Å². The number of nitrogens with zero attached hydrogens (tertiary/aromatic N) is 4. The summed E-state index contributed by atoms with van der Waals surface area (Å²) in [5.74, 6) is -0.487. The summed E-state index contributed by atoms with van der Waals surface area (Å²) in [6.45, 7) is 3.03. The summed E-state index contributed by atoms with van der Waals surface area (Å²) >= 11 is 0. The minimum atomic E-state index is -4.79. The van der Waals surface area contributed by atoms with E-state index in [0.717, 1.165) is 35.2 Å². The second-order valence-electron chi connectivity index (χ2n) is 11.2. The van der Waals surface area contributed by atoms with Crippen LogP contribution in [0.5, 0.6) is 11.5 Å². The van der Waals surface area contributed by atoms with E-state index in [4.69, 9.17) is 14.0 Å². The molecule has 5 rings (SSSR count). The van der Waals surface area contributed by atoms with Crippen molar-refractivity contribution < 1.29 is 45.1 Å². The maximum absolute atomic E-state index is 14.1. The molecule has 10 nitrogen and oxygen atoms in total. The van der Waals surface area contributed by atoms with Crippen LogP contribution < -0.4 is 25.8 Å². The topological polar surface area (TPSA) is 99.1 Å². The maximum atomic E-state index is 14.1. The van der Waals surface area contributed by atoms with E-state index >= 15 is 0 Å². The van der Waals surface area contributed by atoms with Crippen molar-refractivity contribution in [1.29, 1.82) is 0 Å². The Hall–Kier alpha value is -5.15. The molecule has 16 heteroatoms. The van der Waals surface area contributed by atoms with Crippen LogP contribution in [-0.4, -0.2) is 46.5 Å². The van der Waals surface area contributed by atoms with Gasteiger partial charge in [-0.3, -0.25) is 4.90 Å². The number of ether oxygens (including phenoxy) is 2. The molecule has 2 amide bonds. The number of carbonyl (C=O) groups is 1. The molecule has 2 heterocycles. The van der Waals surface area contributed by atoms with Crippen LogP contribution in [0.2, 0.25) is 0 Å². The number of amides is 2.